The quantitative estimate of drug-likeness (QED) is 0.831. The Hall–Kier alpha value is -1.78. The maximum Gasteiger partial charge on any atom is 0.252 e. The molecule has 1 aliphatic heterocycles. The van der Waals surface area contributed by atoms with Crippen molar-refractivity contribution < 1.29 is 17.7 Å². The van der Waals surface area contributed by atoms with Gasteiger partial charge in [0.25, 0.3) is 5.91 Å². The third-order valence-corrected chi connectivity index (χ3v) is 7.28. The fourth-order valence-electron chi connectivity index (χ4n) is 4.18. The van der Waals surface area contributed by atoms with E-state index in [0.29, 0.717) is 43.2 Å². The average Bonchev–Trinajstić information content (AvgIpc) is 3.28. The highest BCUT2D eigenvalue weighted by molar-refractivity contribution is 7.88. The van der Waals surface area contributed by atoms with Gasteiger partial charge in [0, 0.05) is 30.1 Å². The molecule has 2 fully saturated rings. The van der Waals surface area contributed by atoms with Gasteiger partial charge in [0.05, 0.1) is 11.7 Å². The van der Waals surface area contributed by atoms with Gasteiger partial charge in [-0.2, -0.15) is 16.3 Å². The van der Waals surface area contributed by atoms with Crippen LogP contribution in [-0.4, -0.2) is 54.2 Å². The Balaban J connectivity index is 1.60. The standard InChI is InChI=1S/C16H20N4O4S2/c1-10-17-15(24-19-10)16-6-13(18-14(21)11-3-4-25-8-11)5-12(16)7-20(9-16)26(2,22)23/h3-4,8,12-13H,5-7,9H2,1-2H3,(H,18,21)/t12?,13-,16+/m1/s1. The Morgan fingerprint density at radius 1 is 1.50 bits per heavy atom. The first-order chi connectivity index (χ1) is 12.3. The van der Waals surface area contributed by atoms with Crippen LogP contribution in [0.15, 0.2) is 21.3 Å². The molecule has 8 nitrogen and oxygen atoms in total. The van der Waals surface area contributed by atoms with Gasteiger partial charge in [0.15, 0.2) is 5.82 Å². The second-order valence-electron chi connectivity index (χ2n) is 7.18. The largest absolute Gasteiger partial charge is 0.349 e. The van der Waals surface area contributed by atoms with E-state index in [1.165, 1.54) is 21.9 Å². The van der Waals surface area contributed by atoms with Crippen LogP contribution in [0, 0.1) is 12.8 Å². The molecule has 1 saturated carbocycles. The molecule has 4 rings (SSSR count). The minimum Gasteiger partial charge on any atom is -0.349 e. The van der Waals surface area contributed by atoms with Crippen molar-refractivity contribution >= 4 is 27.3 Å². The maximum atomic E-state index is 12.4. The molecule has 2 aromatic heterocycles. The van der Waals surface area contributed by atoms with Crippen molar-refractivity contribution in [3.8, 4) is 0 Å². The van der Waals surface area contributed by atoms with E-state index in [2.05, 4.69) is 15.5 Å². The topological polar surface area (TPSA) is 105 Å². The first-order valence-electron chi connectivity index (χ1n) is 8.37. The van der Waals surface area contributed by atoms with Gasteiger partial charge < -0.3 is 9.84 Å². The van der Waals surface area contributed by atoms with Crippen LogP contribution in [0.2, 0.25) is 0 Å². The maximum absolute atomic E-state index is 12.4. The zero-order chi connectivity index (χ0) is 18.5. The zero-order valence-electron chi connectivity index (χ0n) is 14.5. The van der Waals surface area contributed by atoms with Crippen LogP contribution in [-0.2, 0) is 15.4 Å². The molecule has 1 N–H and O–H groups in total. The number of rotatable bonds is 4. The summed E-state index contributed by atoms with van der Waals surface area (Å²) in [5.41, 5.74) is 0.101. The Kier molecular flexibility index (Phi) is 4.16. The van der Waals surface area contributed by atoms with Gasteiger partial charge in [-0.25, -0.2) is 12.7 Å². The van der Waals surface area contributed by atoms with Crippen molar-refractivity contribution in [3.05, 3.63) is 34.1 Å². The van der Waals surface area contributed by atoms with Crippen LogP contribution >= 0.6 is 11.3 Å². The first-order valence-corrected chi connectivity index (χ1v) is 11.2. The summed E-state index contributed by atoms with van der Waals surface area (Å²) in [7, 11) is -3.30. The third-order valence-electron chi connectivity index (χ3n) is 5.38. The fourth-order valence-corrected chi connectivity index (χ4v) is 5.73. The second-order valence-corrected chi connectivity index (χ2v) is 9.94. The van der Waals surface area contributed by atoms with Gasteiger partial charge in [-0.3, -0.25) is 4.79 Å². The number of sulfonamides is 1. The summed E-state index contributed by atoms with van der Waals surface area (Å²) in [6.45, 7) is 2.46. The molecule has 0 radical (unpaired) electrons. The molecule has 1 saturated heterocycles. The average molecular weight is 396 g/mol. The van der Waals surface area contributed by atoms with E-state index in [0.717, 1.165) is 0 Å². The minimum atomic E-state index is -3.30. The normalized spacial score (nSPS) is 29.0. The highest BCUT2D eigenvalue weighted by atomic mass is 32.2. The van der Waals surface area contributed by atoms with Crippen LogP contribution in [0.5, 0.6) is 0 Å². The van der Waals surface area contributed by atoms with E-state index in [9.17, 15) is 13.2 Å². The minimum absolute atomic E-state index is 0.0323. The van der Waals surface area contributed by atoms with Crippen LogP contribution in [0.3, 0.4) is 0 Å². The highest BCUT2D eigenvalue weighted by Crippen LogP contribution is 2.50. The van der Waals surface area contributed by atoms with Crippen LogP contribution in [0.4, 0.5) is 0 Å². The molecule has 0 bridgehead atoms. The molecule has 26 heavy (non-hydrogen) atoms. The number of aromatic nitrogens is 2. The lowest BCUT2D eigenvalue weighted by atomic mass is 9.80. The van der Waals surface area contributed by atoms with Gasteiger partial charge in [0.1, 0.15) is 0 Å². The smallest absolute Gasteiger partial charge is 0.252 e. The molecule has 3 atom stereocenters. The zero-order valence-corrected chi connectivity index (χ0v) is 16.1. The third kappa shape index (κ3) is 2.95. The molecule has 140 valence electrons. The lowest BCUT2D eigenvalue weighted by Crippen LogP contribution is -2.39. The molecule has 10 heteroatoms. The molecule has 1 aliphatic carbocycles. The van der Waals surface area contributed by atoms with Gasteiger partial charge in [-0.1, -0.05) is 5.16 Å². The number of aryl methyl sites for hydroxylation is 1. The number of amides is 1. The van der Waals surface area contributed by atoms with Crippen molar-refractivity contribution in [2.45, 2.75) is 31.2 Å². The molecule has 0 spiro atoms. The van der Waals surface area contributed by atoms with Crippen LogP contribution < -0.4 is 5.32 Å². The monoisotopic (exact) mass is 396 g/mol. The van der Waals surface area contributed by atoms with Gasteiger partial charge in [-0.15, -0.1) is 0 Å². The van der Waals surface area contributed by atoms with Crippen molar-refractivity contribution in [2.75, 3.05) is 19.3 Å². The highest BCUT2D eigenvalue weighted by Gasteiger charge is 2.58. The van der Waals surface area contributed by atoms with Crippen molar-refractivity contribution in [1.82, 2.24) is 19.8 Å². The van der Waals surface area contributed by atoms with E-state index >= 15 is 0 Å². The Bertz CT molecular complexity index is 924. The van der Waals surface area contributed by atoms with Gasteiger partial charge in [0.2, 0.25) is 15.9 Å². The van der Waals surface area contributed by atoms with E-state index in [4.69, 9.17) is 4.52 Å². The summed E-state index contributed by atoms with van der Waals surface area (Å²) in [6.07, 6.45) is 2.49. The lowest BCUT2D eigenvalue weighted by molar-refractivity contribution is 0.0935. The molecule has 1 unspecified atom stereocenters. The van der Waals surface area contributed by atoms with Crippen molar-refractivity contribution in [3.63, 3.8) is 0 Å². The SMILES string of the molecule is Cc1noc([C@]23C[C@H](NC(=O)c4ccsc4)CC2CN(S(C)(=O)=O)C3)n1. The summed E-state index contributed by atoms with van der Waals surface area (Å²) >= 11 is 1.48. The number of nitrogens with one attached hydrogen (secondary N) is 1. The van der Waals surface area contributed by atoms with Gasteiger partial charge in [-0.05, 0) is 37.1 Å². The number of carbonyl (C=O) groups excluding carboxylic acids is 1. The Morgan fingerprint density at radius 2 is 2.31 bits per heavy atom. The van der Waals surface area contributed by atoms with Crippen LogP contribution in [0.1, 0.15) is 34.9 Å². The van der Waals surface area contributed by atoms with E-state index in [1.807, 2.05) is 10.8 Å². The number of fused-ring (bicyclic) bond motifs is 1. The predicted octanol–water partition coefficient (Wildman–Crippen LogP) is 1.16. The van der Waals surface area contributed by atoms with Crippen molar-refractivity contribution in [2.24, 2.45) is 5.92 Å². The lowest BCUT2D eigenvalue weighted by Gasteiger charge is -2.24. The summed E-state index contributed by atoms with van der Waals surface area (Å²) in [6, 6.07) is 1.74. The van der Waals surface area contributed by atoms with E-state index in [1.54, 1.807) is 13.0 Å². The van der Waals surface area contributed by atoms with E-state index < -0.39 is 15.4 Å². The molecule has 2 aromatic rings. The number of thiophene rings is 1. The van der Waals surface area contributed by atoms with Crippen molar-refractivity contribution in [1.29, 1.82) is 0 Å². The second kappa shape index (κ2) is 6.14. The number of carbonyl (C=O) groups is 1. The summed E-state index contributed by atoms with van der Waals surface area (Å²) in [4.78, 5) is 16.8. The summed E-state index contributed by atoms with van der Waals surface area (Å²) in [5.74, 6) is 0.924. The summed E-state index contributed by atoms with van der Waals surface area (Å²) in [5, 5.41) is 10.6. The molecule has 1 amide bonds. The van der Waals surface area contributed by atoms with Crippen LogP contribution in [0.25, 0.3) is 0 Å². The van der Waals surface area contributed by atoms with Gasteiger partial charge >= 0.3 is 0 Å². The summed E-state index contributed by atoms with van der Waals surface area (Å²) < 4.78 is 31.0. The molecular formula is C16H20N4O4S2. The van der Waals surface area contributed by atoms with E-state index in [-0.39, 0.29) is 17.9 Å². The predicted molar refractivity (Wildman–Crippen MR) is 95.4 cm³/mol. The molecule has 3 heterocycles. The first kappa shape index (κ1) is 17.6. The number of hydrogen-bond acceptors (Lipinski definition) is 7. The fraction of sp³-hybridized carbons (Fsp3) is 0.562. The molecule has 0 aromatic carbocycles. The Morgan fingerprint density at radius 3 is 2.92 bits per heavy atom. The number of hydrogen-bond donors (Lipinski definition) is 1. The number of nitrogens with zero attached hydrogens (tertiary/aromatic N) is 3. The molecule has 2 aliphatic rings. The Labute approximate surface area is 155 Å². The molecular weight excluding hydrogens is 376 g/mol.